The maximum atomic E-state index is 10.7. The van der Waals surface area contributed by atoms with E-state index in [1.807, 2.05) is 0 Å². The molecule has 1 heterocycles. The lowest BCUT2D eigenvalue weighted by Gasteiger charge is -2.15. The van der Waals surface area contributed by atoms with E-state index in [9.17, 15) is 4.79 Å². The van der Waals surface area contributed by atoms with E-state index in [0.29, 0.717) is 0 Å². The van der Waals surface area contributed by atoms with Crippen LogP contribution < -0.4 is 5.73 Å². The molecule has 0 aliphatic carbocycles. The summed E-state index contributed by atoms with van der Waals surface area (Å²) in [5.74, 6) is -1.15. The Bertz CT molecular complexity index is 179. The third-order valence-corrected chi connectivity index (χ3v) is 1.59. The molecule has 1 aliphatic heterocycles. The van der Waals surface area contributed by atoms with Crippen molar-refractivity contribution in [3.63, 3.8) is 0 Å². The van der Waals surface area contributed by atoms with Gasteiger partial charge in [0.1, 0.15) is 0 Å². The largest absolute Gasteiger partial charge is 0.367 e. The highest BCUT2D eigenvalue weighted by Crippen LogP contribution is 2.27. The Hall–Kier alpha value is -0.610. The Balaban J connectivity index is 2.66. The molecule has 1 aliphatic rings. The van der Waals surface area contributed by atoms with Gasteiger partial charge in [-0.3, -0.25) is 4.79 Å². The molecule has 1 fully saturated rings. The molecule has 0 saturated carbocycles. The first kappa shape index (κ1) is 8.49. The third kappa shape index (κ3) is 1.70. The Labute approximate surface area is 65.7 Å². The molecule has 11 heavy (non-hydrogen) atoms. The zero-order chi connectivity index (χ0) is 8.65. The van der Waals surface area contributed by atoms with Crippen molar-refractivity contribution in [2.75, 3.05) is 0 Å². The number of hydrogen-bond acceptors (Lipinski definition) is 3. The molecule has 1 saturated heterocycles. The van der Waals surface area contributed by atoms with Crippen LogP contribution in [-0.4, -0.2) is 23.9 Å². The van der Waals surface area contributed by atoms with Crippen molar-refractivity contribution in [3.8, 4) is 0 Å². The maximum absolute atomic E-state index is 10.7. The van der Waals surface area contributed by atoms with Crippen LogP contribution in [-0.2, 0) is 14.3 Å². The van der Waals surface area contributed by atoms with Gasteiger partial charge in [-0.25, -0.2) is 0 Å². The highest BCUT2D eigenvalue weighted by molar-refractivity contribution is 5.79. The summed E-state index contributed by atoms with van der Waals surface area (Å²) in [6.07, 6.45) is -0.854. The first-order valence-corrected chi connectivity index (χ1v) is 3.57. The second-order valence-electron chi connectivity index (χ2n) is 3.16. The number of hydrogen-bond donors (Lipinski definition) is 1. The van der Waals surface area contributed by atoms with E-state index in [2.05, 4.69) is 0 Å². The average Bonchev–Trinajstić information content (AvgIpc) is 2.05. The summed E-state index contributed by atoms with van der Waals surface area (Å²) in [5, 5.41) is 0. The Morgan fingerprint density at radius 3 is 2.18 bits per heavy atom. The van der Waals surface area contributed by atoms with Crippen LogP contribution in [0.3, 0.4) is 0 Å². The fourth-order valence-corrected chi connectivity index (χ4v) is 1.23. The second kappa shape index (κ2) is 2.46. The van der Waals surface area contributed by atoms with Crippen molar-refractivity contribution in [2.24, 2.45) is 5.73 Å². The summed E-state index contributed by atoms with van der Waals surface area (Å²) in [6, 6.07) is 0. The van der Waals surface area contributed by atoms with E-state index < -0.39 is 17.8 Å². The van der Waals surface area contributed by atoms with Gasteiger partial charge in [-0.05, 0) is 20.8 Å². The smallest absolute Gasteiger partial charge is 0.249 e. The van der Waals surface area contributed by atoms with Crippen LogP contribution in [0.1, 0.15) is 20.8 Å². The van der Waals surface area contributed by atoms with E-state index in [0.717, 1.165) is 0 Å². The quantitative estimate of drug-likeness (QED) is 0.586. The zero-order valence-corrected chi connectivity index (χ0v) is 6.96. The minimum Gasteiger partial charge on any atom is -0.367 e. The van der Waals surface area contributed by atoms with Gasteiger partial charge < -0.3 is 15.2 Å². The summed E-state index contributed by atoms with van der Waals surface area (Å²) in [6.45, 7) is 5.28. The third-order valence-electron chi connectivity index (χ3n) is 1.59. The molecular weight excluding hydrogens is 146 g/mol. The van der Waals surface area contributed by atoms with Crippen molar-refractivity contribution >= 4 is 5.91 Å². The van der Waals surface area contributed by atoms with Crippen LogP contribution in [0.5, 0.6) is 0 Å². The second-order valence-corrected chi connectivity index (χ2v) is 3.16. The summed E-state index contributed by atoms with van der Waals surface area (Å²) in [4.78, 5) is 10.7. The number of amides is 1. The molecule has 0 radical (unpaired) electrons. The summed E-state index contributed by atoms with van der Waals surface area (Å²) >= 11 is 0. The van der Waals surface area contributed by atoms with Gasteiger partial charge in [-0.1, -0.05) is 0 Å². The highest BCUT2D eigenvalue weighted by atomic mass is 16.8. The molecule has 64 valence electrons. The predicted molar refractivity (Wildman–Crippen MR) is 38.7 cm³/mol. The normalized spacial score (nSPS) is 35.5. The molecule has 0 spiro atoms. The van der Waals surface area contributed by atoms with Gasteiger partial charge in [-0.2, -0.15) is 0 Å². The fourth-order valence-electron chi connectivity index (χ4n) is 1.23. The van der Waals surface area contributed by atoms with Crippen molar-refractivity contribution < 1.29 is 14.3 Å². The predicted octanol–water partition coefficient (Wildman–Crippen LogP) is 0.0117. The highest BCUT2D eigenvalue weighted by Gasteiger charge is 2.41. The Morgan fingerprint density at radius 2 is 2.00 bits per heavy atom. The molecule has 0 aromatic rings. The number of primary amides is 1. The monoisotopic (exact) mass is 159 g/mol. The van der Waals surface area contributed by atoms with Gasteiger partial charge in [0.05, 0.1) is 6.10 Å². The Kier molecular flexibility index (Phi) is 1.90. The molecular formula is C7H13NO3. The van der Waals surface area contributed by atoms with Crippen LogP contribution in [0, 0.1) is 0 Å². The van der Waals surface area contributed by atoms with Gasteiger partial charge in [-0.15, -0.1) is 0 Å². The first-order valence-electron chi connectivity index (χ1n) is 3.57. The molecule has 4 heteroatoms. The molecule has 0 aromatic carbocycles. The maximum Gasteiger partial charge on any atom is 0.249 e. The summed E-state index contributed by atoms with van der Waals surface area (Å²) in [5.41, 5.74) is 5.07. The number of carbonyl (C=O) groups excluding carboxylic acids is 1. The molecule has 0 bridgehead atoms. The first-order chi connectivity index (χ1) is 4.92. The molecule has 1 amide bonds. The average molecular weight is 159 g/mol. The molecule has 2 atom stereocenters. The number of rotatable bonds is 1. The summed E-state index contributed by atoms with van der Waals surface area (Å²) < 4.78 is 10.5. The SMILES string of the molecule is C[C@@H]1OC(C)(C)O[C@H]1C(N)=O. The fraction of sp³-hybridized carbons (Fsp3) is 0.857. The van der Waals surface area contributed by atoms with Crippen LogP contribution in [0.4, 0.5) is 0 Å². The van der Waals surface area contributed by atoms with Gasteiger partial charge >= 0.3 is 0 Å². The van der Waals surface area contributed by atoms with E-state index in [1.165, 1.54) is 0 Å². The van der Waals surface area contributed by atoms with E-state index in [-0.39, 0.29) is 6.10 Å². The number of nitrogens with two attached hydrogens (primary N) is 1. The van der Waals surface area contributed by atoms with E-state index in [1.54, 1.807) is 20.8 Å². The van der Waals surface area contributed by atoms with E-state index >= 15 is 0 Å². The van der Waals surface area contributed by atoms with Crippen LogP contribution in [0.2, 0.25) is 0 Å². The minimum absolute atomic E-state index is 0.248. The Morgan fingerprint density at radius 1 is 1.45 bits per heavy atom. The lowest BCUT2D eigenvalue weighted by atomic mass is 10.2. The van der Waals surface area contributed by atoms with Gasteiger partial charge in [0, 0.05) is 0 Å². The van der Waals surface area contributed by atoms with Gasteiger partial charge in [0.15, 0.2) is 11.9 Å². The van der Waals surface area contributed by atoms with Crippen LogP contribution >= 0.6 is 0 Å². The summed E-state index contributed by atoms with van der Waals surface area (Å²) in [7, 11) is 0. The lowest BCUT2D eigenvalue weighted by Crippen LogP contribution is -2.35. The minimum atomic E-state index is -0.681. The van der Waals surface area contributed by atoms with E-state index in [4.69, 9.17) is 15.2 Å². The van der Waals surface area contributed by atoms with Crippen LogP contribution in [0.25, 0.3) is 0 Å². The molecule has 4 nitrogen and oxygen atoms in total. The zero-order valence-electron chi connectivity index (χ0n) is 6.96. The molecule has 0 unspecified atom stereocenters. The molecule has 1 rings (SSSR count). The molecule has 0 aromatic heterocycles. The van der Waals surface area contributed by atoms with Crippen LogP contribution in [0.15, 0.2) is 0 Å². The van der Waals surface area contributed by atoms with Crippen molar-refractivity contribution in [1.82, 2.24) is 0 Å². The van der Waals surface area contributed by atoms with Gasteiger partial charge in [0.25, 0.3) is 0 Å². The number of carbonyl (C=O) groups is 1. The standard InChI is InChI=1S/C7H13NO3/c1-4-5(6(8)9)11-7(2,3)10-4/h4-5H,1-3H3,(H2,8,9)/t4-,5+/m0/s1. The molecule has 2 N–H and O–H groups in total. The number of ether oxygens (including phenoxy) is 2. The van der Waals surface area contributed by atoms with Gasteiger partial charge in [0.2, 0.25) is 5.91 Å². The topological polar surface area (TPSA) is 61.6 Å². The lowest BCUT2D eigenvalue weighted by molar-refractivity contribution is -0.153. The van der Waals surface area contributed by atoms with Crippen molar-refractivity contribution in [1.29, 1.82) is 0 Å². The van der Waals surface area contributed by atoms with Crippen molar-refractivity contribution in [2.45, 2.75) is 38.8 Å². The van der Waals surface area contributed by atoms with Crippen molar-refractivity contribution in [3.05, 3.63) is 0 Å².